The Balaban J connectivity index is 2.86. The molecule has 1 saturated carbocycles. The standard InChI is InChI=1S/C18H38N2O/c1-7-19-16(12-15-17(2,3)21-6)18(20(4)5)13-10-8-9-11-14-18/h16,19H,7-15H2,1-6H3. The molecular weight excluding hydrogens is 260 g/mol. The van der Waals surface area contributed by atoms with Gasteiger partial charge in [-0.05, 0) is 60.2 Å². The maximum Gasteiger partial charge on any atom is 0.0623 e. The average Bonchev–Trinajstić information content (AvgIpc) is 2.70. The quantitative estimate of drug-likeness (QED) is 0.689. The molecule has 0 spiro atoms. The smallest absolute Gasteiger partial charge is 0.0623 e. The Kier molecular flexibility index (Phi) is 7.66. The highest BCUT2D eigenvalue weighted by Gasteiger charge is 2.40. The minimum absolute atomic E-state index is 0.0219. The number of nitrogens with one attached hydrogen (secondary N) is 1. The van der Waals surface area contributed by atoms with E-state index in [2.05, 4.69) is 45.1 Å². The lowest BCUT2D eigenvalue weighted by Crippen LogP contribution is -2.59. The van der Waals surface area contributed by atoms with Crippen LogP contribution in [-0.4, -0.2) is 49.8 Å². The Morgan fingerprint density at radius 3 is 2.14 bits per heavy atom. The van der Waals surface area contributed by atoms with Gasteiger partial charge in [-0.1, -0.05) is 32.6 Å². The molecule has 1 N–H and O–H groups in total. The maximum atomic E-state index is 5.63. The summed E-state index contributed by atoms with van der Waals surface area (Å²) in [5.41, 5.74) is 0.294. The van der Waals surface area contributed by atoms with Gasteiger partial charge in [0.05, 0.1) is 5.60 Å². The summed E-state index contributed by atoms with van der Waals surface area (Å²) in [6, 6.07) is 0.560. The molecule has 126 valence electrons. The molecule has 1 aliphatic rings. The Morgan fingerprint density at radius 1 is 1.14 bits per heavy atom. The van der Waals surface area contributed by atoms with Crippen LogP contribution >= 0.6 is 0 Å². The Morgan fingerprint density at radius 2 is 1.71 bits per heavy atom. The molecular formula is C18H38N2O. The van der Waals surface area contributed by atoms with Gasteiger partial charge in [0.25, 0.3) is 0 Å². The largest absolute Gasteiger partial charge is 0.379 e. The van der Waals surface area contributed by atoms with E-state index in [0.29, 0.717) is 11.6 Å². The summed E-state index contributed by atoms with van der Waals surface area (Å²) in [5.74, 6) is 0. The molecule has 0 aliphatic heterocycles. The second-order valence-corrected chi connectivity index (χ2v) is 7.52. The SMILES string of the molecule is CCNC(CCC(C)(C)OC)C1(N(C)C)CCCCCC1. The highest BCUT2D eigenvalue weighted by molar-refractivity contribution is 5.00. The molecule has 21 heavy (non-hydrogen) atoms. The summed E-state index contributed by atoms with van der Waals surface area (Å²) in [5, 5.41) is 3.80. The summed E-state index contributed by atoms with van der Waals surface area (Å²) in [4.78, 5) is 2.51. The molecule has 0 heterocycles. The molecule has 1 aliphatic carbocycles. The second kappa shape index (κ2) is 8.50. The molecule has 0 aromatic heterocycles. The van der Waals surface area contributed by atoms with Crippen LogP contribution in [-0.2, 0) is 4.74 Å². The molecule has 0 aromatic carbocycles. The number of methoxy groups -OCH3 is 1. The van der Waals surface area contributed by atoms with Crippen molar-refractivity contribution in [1.82, 2.24) is 10.2 Å². The van der Waals surface area contributed by atoms with Gasteiger partial charge >= 0.3 is 0 Å². The Hall–Kier alpha value is -0.120. The zero-order valence-corrected chi connectivity index (χ0v) is 15.3. The maximum absolute atomic E-state index is 5.63. The third-order valence-electron chi connectivity index (χ3n) is 5.55. The van der Waals surface area contributed by atoms with Crippen LogP contribution in [0.3, 0.4) is 0 Å². The lowest BCUT2D eigenvalue weighted by molar-refractivity contribution is 0.00149. The molecule has 0 aromatic rings. The zero-order chi connectivity index (χ0) is 15.9. The van der Waals surface area contributed by atoms with Gasteiger partial charge in [-0.3, -0.25) is 0 Å². The predicted molar refractivity (Wildman–Crippen MR) is 91.9 cm³/mol. The van der Waals surface area contributed by atoms with Gasteiger partial charge in [0.15, 0.2) is 0 Å². The normalized spacial score (nSPS) is 21.3. The first-order chi connectivity index (χ1) is 9.88. The van der Waals surface area contributed by atoms with Crippen molar-refractivity contribution in [2.45, 2.75) is 89.3 Å². The van der Waals surface area contributed by atoms with Crippen molar-refractivity contribution in [3.05, 3.63) is 0 Å². The van der Waals surface area contributed by atoms with E-state index in [1.807, 2.05) is 7.11 Å². The fourth-order valence-electron chi connectivity index (χ4n) is 3.85. The number of hydrogen-bond donors (Lipinski definition) is 1. The fourth-order valence-corrected chi connectivity index (χ4v) is 3.85. The Labute approximate surface area is 132 Å². The molecule has 3 nitrogen and oxygen atoms in total. The van der Waals surface area contributed by atoms with Gasteiger partial charge in [-0.15, -0.1) is 0 Å². The molecule has 1 atom stereocenters. The van der Waals surface area contributed by atoms with E-state index < -0.39 is 0 Å². The minimum atomic E-state index is -0.0219. The van der Waals surface area contributed by atoms with Crippen LogP contribution in [0, 0.1) is 0 Å². The molecule has 3 heteroatoms. The van der Waals surface area contributed by atoms with Crippen LogP contribution in [0.2, 0.25) is 0 Å². The summed E-state index contributed by atoms with van der Waals surface area (Å²) in [7, 11) is 6.38. The predicted octanol–water partition coefficient (Wildman–Crippen LogP) is 3.82. The van der Waals surface area contributed by atoms with E-state index in [-0.39, 0.29) is 5.60 Å². The molecule has 1 unspecified atom stereocenters. The second-order valence-electron chi connectivity index (χ2n) is 7.52. The van der Waals surface area contributed by atoms with Gasteiger partial charge in [0, 0.05) is 18.7 Å². The van der Waals surface area contributed by atoms with Crippen LogP contribution in [0.1, 0.15) is 72.1 Å². The molecule has 0 amide bonds. The third-order valence-corrected chi connectivity index (χ3v) is 5.55. The third kappa shape index (κ3) is 5.22. The topological polar surface area (TPSA) is 24.5 Å². The van der Waals surface area contributed by atoms with Crippen LogP contribution in [0.25, 0.3) is 0 Å². The molecule has 1 rings (SSSR count). The summed E-state index contributed by atoms with van der Waals surface area (Å²) < 4.78 is 5.63. The molecule has 0 bridgehead atoms. The number of hydrogen-bond acceptors (Lipinski definition) is 3. The van der Waals surface area contributed by atoms with Crippen LogP contribution in [0.15, 0.2) is 0 Å². The van der Waals surface area contributed by atoms with Crippen molar-refractivity contribution < 1.29 is 4.74 Å². The van der Waals surface area contributed by atoms with E-state index in [1.54, 1.807) is 0 Å². The van der Waals surface area contributed by atoms with E-state index in [4.69, 9.17) is 4.74 Å². The van der Waals surface area contributed by atoms with Crippen molar-refractivity contribution in [3.63, 3.8) is 0 Å². The highest BCUT2D eigenvalue weighted by Crippen LogP contribution is 2.36. The monoisotopic (exact) mass is 298 g/mol. The van der Waals surface area contributed by atoms with Gasteiger partial charge < -0.3 is 15.0 Å². The lowest BCUT2D eigenvalue weighted by atomic mass is 9.78. The molecule has 1 fully saturated rings. The zero-order valence-electron chi connectivity index (χ0n) is 15.3. The van der Waals surface area contributed by atoms with E-state index >= 15 is 0 Å². The molecule has 0 saturated heterocycles. The van der Waals surface area contributed by atoms with Crippen LogP contribution < -0.4 is 5.32 Å². The van der Waals surface area contributed by atoms with Crippen molar-refractivity contribution in [1.29, 1.82) is 0 Å². The first-order valence-corrected chi connectivity index (χ1v) is 8.84. The van der Waals surface area contributed by atoms with Crippen molar-refractivity contribution in [3.8, 4) is 0 Å². The van der Waals surface area contributed by atoms with Crippen LogP contribution in [0.4, 0.5) is 0 Å². The van der Waals surface area contributed by atoms with Crippen LogP contribution in [0.5, 0.6) is 0 Å². The number of ether oxygens (including phenoxy) is 1. The minimum Gasteiger partial charge on any atom is -0.379 e. The lowest BCUT2D eigenvalue weighted by Gasteiger charge is -2.47. The fraction of sp³-hybridized carbons (Fsp3) is 1.00. The van der Waals surface area contributed by atoms with Gasteiger partial charge in [-0.2, -0.15) is 0 Å². The van der Waals surface area contributed by atoms with Gasteiger partial charge in [0.2, 0.25) is 0 Å². The Bertz CT molecular complexity index is 281. The van der Waals surface area contributed by atoms with Crippen molar-refractivity contribution >= 4 is 0 Å². The molecule has 0 radical (unpaired) electrons. The van der Waals surface area contributed by atoms with E-state index in [9.17, 15) is 0 Å². The first kappa shape index (κ1) is 18.9. The van der Waals surface area contributed by atoms with Crippen molar-refractivity contribution in [2.24, 2.45) is 0 Å². The van der Waals surface area contributed by atoms with Gasteiger partial charge in [0.1, 0.15) is 0 Å². The summed E-state index contributed by atoms with van der Waals surface area (Å²) in [6.07, 6.45) is 10.5. The van der Waals surface area contributed by atoms with E-state index in [0.717, 1.165) is 13.0 Å². The number of rotatable bonds is 8. The summed E-state index contributed by atoms with van der Waals surface area (Å²) in [6.45, 7) is 7.68. The van der Waals surface area contributed by atoms with Gasteiger partial charge in [-0.25, -0.2) is 0 Å². The highest BCUT2D eigenvalue weighted by atomic mass is 16.5. The summed E-state index contributed by atoms with van der Waals surface area (Å²) >= 11 is 0. The van der Waals surface area contributed by atoms with Crippen molar-refractivity contribution in [2.75, 3.05) is 27.7 Å². The van der Waals surface area contributed by atoms with E-state index in [1.165, 1.54) is 44.9 Å². The average molecular weight is 299 g/mol. The first-order valence-electron chi connectivity index (χ1n) is 8.84. The number of nitrogens with zero attached hydrogens (tertiary/aromatic N) is 1. The number of likely N-dealkylation sites (N-methyl/N-ethyl adjacent to an activating group) is 2.